The highest BCUT2D eigenvalue weighted by Crippen LogP contribution is 2.40. The molecular weight excluding hydrogens is 650 g/mol. The Morgan fingerprint density at radius 1 is 0.627 bits per heavy atom. The minimum Gasteiger partial charge on any atom is -0.462 e. The van der Waals surface area contributed by atoms with Gasteiger partial charge in [0, 0.05) is 11.3 Å². The first kappa shape index (κ1) is 39.2. The number of hydrogen-bond donors (Lipinski definition) is 1. The maximum Gasteiger partial charge on any atom is 0.311 e. The minimum atomic E-state index is -1.20. The van der Waals surface area contributed by atoms with Gasteiger partial charge in [-0.25, -0.2) is 0 Å². The summed E-state index contributed by atoms with van der Waals surface area (Å²) in [7, 11) is 0. The third kappa shape index (κ3) is 10.7. The van der Waals surface area contributed by atoms with Crippen LogP contribution in [0.25, 0.3) is 0 Å². The molecule has 10 nitrogen and oxygen atoms in total. The van der Waals surface area contributed by atoms with Crippen molar-refractivity contribution in [2.45, 2.75) is 99.4 Å². The van der Waals surface area contributed by atoms with Gasteiger partial charge >= 0.3 is 17.9 Å². The van der Waals surface area contributed by atoms with Crippen LogP contribution in [-0.2, 0) is 44.7 Å². The van der Waals surface area contributed by atoms with E-state index < -0.39 is 64.7 Å². The topological polar surface area (TPSA) is 126 Å². The van der Waals surface area contributed by atoms with Crippen LogP contribution in [0.3, 0.4) is 0 Å². The van der Waals surface area contributed by atoms with Crippen molar-refractivity contribution in [3.63, 3.8) is 0 Å². The summed E-state index contributed by atoms with van der Waals surface area (Å²) in [6.07, 6.45) is -5.26. The molecule has 0 spiro atoms. The van der Waals surface area contributed by atoms with Gasteiger partial charge in [-0.1, -0.05) is 60.7 Å². The molecule has 51 heavy (non-hydrogen) atoms. The second-order valence-electron chi connectivity index (χ2n) is 15.9. The first-order valence-electron chi connectivity index (χ1n) is 17.2. The number of rotatable bonds is 10. The molecule has 3 aromatic carbocycles. The summed E-state index contributed by atoms with van der Waals surface area (Å²) in [5.41, 5.74) is -0.0838. The number of carbonyl (C=O) groups excluding carboxylic acids is 4. The van der Waals surface area contributed by atoms with Crippen LogP contribution in [0, 0.1) is 16.2 Å². The largest absolute Gasteiger partial charge is 0.462 e. The molecule has 274 valence electrons. The zero-order valence-electron chi connectivity index (χ0n) is 31.1. The van der Waals surface area contributed by atoms with Crippen LogP contribution >= 0.6 is 0 Å². The van der Waals surface area contributed by atoms with Gasteiger partial charge in [-0.3, -0.25) is 19.2 Å². The quantitative estimate of drug-likeness (QED) is 0.169. The molecule has 0 radical (unpaired) electrons. The highest BCUT2D eigenvalue weighted by Gasteiger charge is 2.53. The molecule has 1 heterocycles. The summed E-state index contributed by atoms with van der Waals surface area (Å²) in [6, 6.07) is 25.4. The van der Waals surface area contributed by atoms with Gasteiger partial charge in [0.05, 0.1) is 22.9 Å². The van der Waals surface area contributed by atoms with E-state index in [1.165, 1.54) is 0 Å². The molecule has 1 aliphatic rings. The Kier molecular flexibility index (Phi) is 12.5. The molecule has 0 bridgehead atoms. The minimum absolute atomic E-state index is 0.129. The van der Waals surface area contributed by atoms with E-state index in [2.05, 4.69) is 5.32 Å². The summed E-state index contributed by atoms with van der Waals surface area (Å²) in [4.78, 5) is 52.9. The van der Waals surface area contributed by atoms with Gasteiger partial charge in [0.15, 0.2) is 12.2 Å². The first-order valence-corrected chi connectivity index (χ1v) is 17.2. The van der Waals surface area contributed by atoms with Crippen molar-refractivity contribution >= 4 is 29.5 Å². The van der Waals surface area contributed by atoms with E-state index in [1.807, 2.05) is 36.4 Å². The van der Waals surface area contributed by atoms with Crippen molar-refractivity contribution in [1.29, 1.82) is 0 Å². The molecule has 3 aromatic rings. The van der Waals surface area contributed by atoms with Crippen LogP contribution in [0.1, 0.15) is 89.9 Å². The van der Waals surface area contributed by atoms with Crippen molar-refractivity contribution in [2.24, 2.45) is 16.2 Å². The predicted molar refractivity (Wildman–Crippen MR) is 193 cm³/mol. The van der Waals surface area contributed by atoms with E-state index in [4.69, 9.17) is 23.7 Å². The number of ether oxygens (including phenoxy) is 5. The van der Waals surface area contributed by atoms with Gasteiger partial charge in [0.1, 0.15) is 24.9 Å². The average Bonchev–Trinajstić information content (AvgIpc) is 3.07. The van der Waals surface area contributed by atoms with E-state index in [-0.39, 0.29) is 19.1 Å². The monoisotopic (exact) mass is 701 g/mol. The van der Waals surface area contributed by atoms with Crippen molar-refractivity contribution in [3.8, 4) is 0 Å². The van der Waals surface area contributed by atoms with Gasteiger partial charge < -0.3 is 29.0 Å². The van der Waals surface area contributed by atoms with Crippen molar-refractivity contribution in [2.75, 3.05) is 11.9 Å². The summed E-state index contributed by atoms with van der Waals surface area (Å²) in [5.74, 6) is -1.84. The second kappa shape index (κ2) is 16.2. The van der Waals surface area contributed by atoms with Crippen LogP contribution in [0.5, 0.6) is 0 Å². The fourth-order valence-electron chi connectivity index (χ4n) is 5.07. The van der Waals surface area contributed by atoms with E-state index >= 15 is 0 Å². The molecule has 0 aliphatic carbocycles. The number of benzene rings is 3. The fraction of sp³-hybridized carbons (Fsp3) is 0.463. The molecule has 1 aliphatic heterocycles. The first-order chi connectivity index (χ1) is 23.8. The molecule has 10 heteroatoms. The van der Waals surface area contributed by atoms with Crippen molar-refractivity contribution in [3.05, 3.63) is 102 Å². The standard InChI is InChI=1S/C41H51NO9/c1-39(2,3)36(44)48-25-30-32(50-37(45)40(4,5)6)34(51-38(46)41(7,8)9)33(47-24-26-16-12-10-13-17-26)31(49-30)27-20-22-29(23-21-27)42-35(43)28-18-14-11-15-19-28/h10-23,30-34H,24-25H2,1-9H3,(H,42,43)/t30-,31+,32-,33+,34+/m1/s1. The molecule has 1 fully saturated rings. The summed E-state index contributed by atoms with van der Waals surface area (Å²) in [5, 5.41) is 2.90. The highest BCUT2D eigenvalue weighted by molar-refractivity contribution is 6.04. The smallest absolute Gasteiger partial charge is 0.311 e. The lowest BCUT2D eigenvalue weighted by Gasteiger charge is -2.46. The Hall–Kier alpha value is -4.54. The van der Waals surface area contributed by atoms with Gasteiger partial charge in [-0.15, -0.1) is 0 Å². The average molecular weight is 702 g/mol. The number of hydrogen-bond acceptors (Lipinski definition) is 9. The van der Waals surface area contributed by atoms with Gasteiger partial charge in [0.2, 0.25) is 0 Å². The highest BCUT2D eigenvalue weighted by atomic mass is 16.6. The molecule has 1 saturated heterocycles. The second-order valence-corrected chi connectivity index (χ2v) is 15.9. The summed E-state index contributed by atoms with van der Waals surface area (Å²) >= 11 is 0. The van der Waals surface area contributed by atoms with Crippen molar-refractivity contribution in [1.82, 2.24) is 0 Å². The number of nitrogens with one attached hydrogen (secondary N) is 1. The predicted octanol–water partition coefficient (Wildman–Crippen LogP) is 7.47. The van der Waals surface area contributed by atoms with Crippen LogP contribution < -0.4 is 5.32 Å². The zero-order chi connectivity index (χ0) is 37.6. The molecular formula is C41H51NO9. The molecule has 5 atom stereocenters. The molecule has 0 saturated carbocycles. The Morgan fingerprint density at radius 2 is 1.14 bits per heavy atom. The lowest BCUT2D eigenvalue weighted by Crippen LogP contribution is -2.60. The van der Waals surface area contributed by atoms with Crippen LogP contribution in [0.4, 0.5) is 5.69 Å². The zero-order valence-corrected chi connectivity index (χ0v) is 31.1. The molecule has 1 N–H and O–H groups in total. The van der Waals surface area contributed by atoms with E-state index in [9.17, 15) is 19.2 Å². The molecule has 4 rings (SSSR count). The molecule has 0 unspecified atom stereocenters. The normalized spacial score (nSPS) is 20.9. The SMILES string of the molecule is CC(C)(C)C(=O)OC[C@H]1O[C@@H](c2ccc(NC(=O)c3ccccc3)cc2)[C@H](OCc2ccccc2)[C@@H](OC(=O)C(C)(C)C)[C@@H]1OC(=O)C(C)(C)C. The number of carbonyl (C=O) groups is 4. The summed E-state index contributed by atoms with van der Waals surface area (Å²) in [6.45, 7) is 15.4. The lowest BCUT2D eigenvalue weighted by molar-refractivity contribution is -0.265. The van der Waals surface area contributed by atoms with E-state index in [1.54, 1.807) is 111 Å². The number of anilines is 1. The Morgan fingerprint density at radius 3 is 1.67 bits per heavy atom. The Labute approximate surface area is 301 Å². The van der Waals surface area contributed by atoms with Gasteiger partial charge in [-0.2, -0.15) is 0 Å². The van der Waals surface area contributed by atoms with Gasteiger partial charge in [0.25, 0.3) is 5.91 Å². The van der Waals surface area contributed by atoms with Crippen LogP contribution in [0.2, 0.25) is 0 Å². The Balaban J connectivity index is 1.78. The molecule has 0 aromatic heterocycles. The fourth-order valence-corrected chi connectivity index (χ4v) is 5.07. The Bertz CT molecular complexity index is 1630. The maximum atomic E-state index is 13.6. The third-order valence-corrected chi connectivity index (χ3v) is 8.15. The lowest BCUT2D eigenvalue weighted by atomic mass is 9.89. The summed E-state index contributed by atoms with van der Waals surface area (Å²) < 4.78 is 31.4. The third-order valence-electron chi connectivity index (χ3n) is 8.15. The van der Waals surface area contributed by atoms with Gasteiger partial charge in [-0.05, 0) is 97.7 Å². The molecule has 1 amide bonds. The van der Waals surface area contributed by atoms with Crippen molar-refractivity contribution < 1.29 is 42.9 Å². The van der Waals surface area contributed by atoms with E-state index in [0.29, 0.717) is 16.8 Å². The van der Waals surface area contributed by atoms with E-state index in [0.717, 1.165) is 5.56 Å². The maximum absolute atomic E-state index is 13.6. The van der Waals surface area contributed by atoms with Crippen LogP contribution in [0.15, 0.2) is 84.9 Å². The number of esters is 3. The number of amides is 1. The van der Waals surface area contributed by atoms with Crippen LogP contribution in [-0.4, -0.2) is 54.8 Å².